The van der Waals surface area contributed by atoms with Gasteiger partial charge in [0.25, 0.3) is 0 Å². The number of carbonyl (C=O) groups is 1. The normalized spacial score (nSPS) is 10.9. The molecular weight excluding hydrogens is 257 g/mol. The second-order valence-corrected chi connectivity index (χ2v) is 5.14. The van der Waals surface area contributed by atoms with Gasteiger partial charge in [0.1, 0.15) is 5.78 Å². The Hall–Kier alpha value is -0.570. The van der Waals surface area contributed by atoms with Crippen LogP contribution in [-0.2, 0) is 11.2 Å². The Morgan fingerprint density at radius 3 is 2.59 bits per heavy atom. The van der Waals surface area contributed by atoms with Crippen LogP contribution < -0.4 is 5.32 Å². The zero-order valence-corrected chi connectivity index (χ0v) is 11.6. The molecule has 0 spiro atoms. The summed E-state index contributed by atoms with van der Waals surface area (Å²) in [7, 11) is 0. The van der Waals surface area contributed by atoms with Crippen LogP contribution in [0, 0.1) is 0 Å². The topological polar surface area (TPSA) is 29.1 Å². The van der Waals surface area contributed by atoms with E-state index >= 15 is 0 Å². The summed E-state index contributed by atoms with van der Waals surface area (Å²) in [5, 5.41) is 4.23. The minimum absolute atomic E-state index is 0.205. The minimum Gasteiger partial charge on any atom is -0.314 e. The summed E-state index contributed by atoms with van der Waals surface area (Å²) >= 11 is 11.7. The highest BCUT2D eigenvalue weighted by molar-refractivity contribution is 6.42. The Bertz CT molecular complexity index is 391. The summed E-state index contributed by atoms with van der Waals surface area (Å²) in [5.74, 6) is 0.205. The number of hydrogen-bond acceptors (Lipinski definition) is 2. The molecule has 1 aromatic carbocycles. The summed E-state index contributed by atoms with van der Waals surface area (Å²) in [6.07, 6.45) is 0.953. The molecule has 1 aromatic rings. The van der Waals surface area contributed by atoms with E-state index < -0.39 is 0 Å². The largest absolute Gasteiger partial charge is 0.314 e. The first kappa shape index (κ1) is 14.5. The Kier molecular flexibility index (Phi) is 5.96. The molecule has 0 atom stereocenters. The summed E-state index contributed by atoms with van der Waals surface area (Å²) in [5.41, 5.74) is 0.911. The van der Waals surface area contributed by atoms with Gasteiger partial charge in [0.05, 0.1) is 10.0 Å². The molecule has 0 aliphatic rings. The van der Waals surface area contributed by atoms with E-state index in [4.69, 9.17) is 23.2 Å². The molecule has 2 nitrogen and oxygen atoms in total. The third kappa shape index (κ3) is 5.53. The number of carbonyl (C=O) groups excluding carboxylic acids is 1. The predicted octanol–water partition coefficient (Wildman–Crippen LogP) is 3.49. The number of halogens is 2. The first-order valence-corrected chi connectivity index (χ1v) is 6.43. The first-order valence-electron chi connectivity index (χ1n) is 5.68. The van der Waals surface area contributed by atoms with Gasteiger partial charge in [-0.1, -0.05) is 43.1 Å². The van der Waals surface area contributed by atoms with Crippen LogP contribution >= 0.6 is 23.2 Å². The highest BCUT2D eigenvalue weighted by atomic mass is 35.5. The van der Waals surface area contributed by atoms with E-state index in [1.807, 2.05) is 6.07 Å². The number of ketones is 1. The number of benzene rings is 1. The predicted molar refractivity (Wildman–Crippen MR) is 72.9 cm³/mol. The van der Waals surface area contributed by atoms with Crippen LogP contribution in [-0.4, -0.2) is 18.4 Å². The molecule has 0 aliphatic heterocycles. The molecular formula is C13H17Cl2NO. The molecule has 17 heavy (non-hydrogen) atoms. The standard InChI is InChI=1S/C13H17Cl2NO/c1-9(2)16-6-5-11(17)7-10-3-4-12(14)13(15)8-10/h3-4,8-9,16H,5-7H2,1-2H3. The van der Waals surface area contributed by atoms with Crippen molar-refractivity contribution >= 4 is 29.0 Å². The number of nitrogens with one attached hydrogen (secondary N) is 1. The Balaban J connectivity index is 2.42. The van der Waals surface area contributed by atoms with Gasteiger partial charge < -0.3 is 5.32 Å². The van der Waals surface area contributed by atoms with Gasteiger partial charge in [0.2, 0.25) is 0 Å². The van der Waals surface area contributed by atoms with Gasteiger partial charge in [-0.15, -0.1) is 0 Å². The third-order valence-corrected chi connectivity index (χ3v) is 3.08. The number of Topliss-reactive ketones (excluding diaryl/α,β-unsaturated/α-hetero) is 1. The second-order valence-electron chi connectivity index (χ2n) is 4.32. The van der Waals surface area contributed by atoms with Crippen molar-refractivity contribution in [1.82, 2.24) is 5.32 Å². The van der Waals surface area contributed by atoms with Gasteiger partial charge in [-0.05, 0) is 17.7 Å². The fourth-order valence-corrected chi connectivity index (χ4v) is 1.79. The van der Waals surface area contributed by atoms with E-state index in [1.54, 1.807) is 12.1 Å². The van der Waals surface area contributed by atoms with Crippen molar-refractivity contribution < 1.29 is 4.79 Å². The molecule has 0 bridgehead atoms. The lowest BCUT2D eigenvalue weighted by Crippen LogP contribution is -2.25. The van der Waals surface area contributed by atoms with Crippen molar-refractivity contribution in [2.75, 3.05) is 6.54 Å². The Morgan fingerprint density at radius 1 is 1.29 bits per heavy atom. The van der Waals surface area contributed by atoms with Gasteiger partial charge >= 0.3 is 0 Å². The summed E-state index contributed by atoms with van der Waals surface area (Å²) in [6, 6.07) is 5.71. The fourth-order valence-electron chi connectivity index (χ4n) is 1.47. The number of hydrogen-bond donors (Lipinski definition) is 1. The van der Waals surface area contributed by atoms with Crippen LogP contribution in [0.25, 0.3) is 0 Å². The monoisotopic (exact) mass is 273 g/mol. The van der Waals surface area contributed by atoms with Crippen molar-refractivity contribution in [3.63, 3.8) is 0 Å². The average Bonchev–Trinajstić information content (AvgIpc) is 2.23. The zero-order valence-electron chi connectivity index (χ0n) is 10.1. The van der Waals surface area contributed by atoms with Crippen LogP contribution in [0.5, 0.6) is 0 Å². The van der Waals surface area contributed by atoms with Crippen LogP contribution in [0.1, 0.15) is 25.8 Å². The molecule has 94 valence electrons. The smallest absolute Gasteiger partial charge is 0.138 e. The lowest BCUT2D eigenvalue weighted by Gasteiger charge is -2.07. The summed E-state index contributed by atoms with van der Waals surface area (Å²) in [4.78, 5) is 11.7. The van der Waals surface area contributed by atoms with Crippen molar-refractivity contribution in [2.24, 2.45) is 0 Å². The van der Waals surface area contributed by atoms with Gasteiger partial charge in [0.15, 0.2) is 0 Å². The van der Waals surface area contributed by atoms with E-state index in [0.29, 0.717) is 28.9 Å². The van der Waals surface area contributed by atoms with E-state index in [2.05, 4.69) is 19.2 Å². The minimum atomic E-state index is 0.205. The van der Waals surface area contributed by atoms with Gasteiger partial charge in [0, 0.05) is 25.4 Å². The summed E-state index contributed by atoms with van der Waals surface area (Å²) < 4.78 is 0. The molecule has 0 saturated carbocycles. The quantitative estimate of drug-likeness (QED) is 0.860. The molecule has 1 N–H and O–H groups in total. The van der Waals surface area contributed by atoms with Crippen molar-refractivity contribution in [2.45, 2.75) is 32.7 Å². The molecule has 1 rings (SSSR count). The van der Waals surface area contributed by atoms with Crippen molar-refractivity contribution in [3.8, 4) is 0 Å². The maximum atomic E-state index is 11.7. The van der Waals surface area contributed by atoms with Gasteiger partial charge in [-0.3, -0.25) is 4.79 Å². The second kappa shape index (κ2) is 7.00. The van der Waals surface area contributed by atoms with E-state index in [9.17, 15) is 4.79 Å². The Morgan fingerprint density at radius 2 is 2.00 bits per heavy atom. The Labute approximate surface area is 112 Å². The van der Waals surface area contributed by atoms with Crippen LogP contribution in [0.15, 0.2) is 18.2 Å². The van der Waals surface area contributed by atoms with Crippen LogP contribution in [0.3, 0.4) is 0 Å². The molecule has 0 aliphatic carbocycles. The highest BCUT2D eigenvalue weighted by Crippen LogP contribution is 2.22. The molecule has 0 fully saturated rings. The molecule has 0 unspecified atom stereocenters. The maximum absolute atomic E-state index is 11.7. The molecule has 0 saturated heterocycles. The SMILES string of the molecule is CC(C)NCCC(=O)Cc1ccc(Cl)c(Cl)c1. The molecule has 0 aromatic heterocycles. The summed E-state index contributed by atoms with van der Waals surface area (Å²) in [6.45, 7) is 4.84. The van der Waals surface area contributed by atoms with Crippen LogP contribution in [0.2, 0.25) is 10.0 Å². The average molecular weight is 274 g/mol. The lowest BCUT2D eigenvalue weighted by atomic mass is 10.1. The zero-order chi connectivity index (χ0) is 12.8. The highest BCUT2D eigenvalue weighted by Gasteiger charge is 2.06. The third-order valence-electron chi connectivity index (χ3n) is 2.34. The maximum Gasteiger partial charge on any atom is 0.138 e. The van der Waals surface area contributed by atoms with Gasteiger partial charge in [-0.25, -0.2) is 0 Å². The van der Waals surface area contributed by atoms with Crippen molar-refractivity contribution in [1.29, 1.82) is 0 Å². The van der Waals surface area contributed by atoms with E-state index in [-0.39, 0.29) is 5.78 Å². The first-order chi connectivity index (χ1) is 7.99. The van der Waals surface area contributed by atoms with Gasteiger partial charge in [-0.2, -0.15) is 0 Å². The van der Waals surface area contributed by atoms with E-state index in [1.165, 1.54) is 0 Å². The number of rotatable bonds is 6. The molecule has 0 amide bonds. The lowest BCUT2D eigenvalue weighted by molar-refractivity contribution is -0.118. The molecule has 4 heteroatoms. The van der Waals surface area contributed by atoms with E-state index in [0.717, 1.165) is 12.1 Å². The van der Waals surface area contributed by atoms with Crippen LogP contribution in [0.4, 0.5) is 0 Å². The van der Waals surface area contributed by atoms with Crippen molar-refractivity contribution in [3.05, 3.63) is 33.8 Å². The molecule has 0 heterocycles. The fraction of sp³-hybridized carbons (Fsp3) is 0.462. The molecule has 0 radical (unpaired) electrons.